The van der Waals surface area contributed by atoms with Gasteiger partial charge in [0.1, 0.15) is 28.9 Å². The lowest BCUT2D eigenvalue weighted by molar-refractivity contribution is -0.153. The number of hydrogen-bond acceptors (Lipinski definition) is 11. The molecule has 17 nitrogen and oxygen atoms in total. The van der Waals surface area contributed by atoms with Gasteiger partial charge in [0.15, 0.2) is 0 Å². The molecule has 0 saturated carbocycles. The molecule has 4 rings (SSSR count). The predicted octanol–water partition coefficient (Wildman–Crippen LogP) is -1.79. The number of likely N-dealkylation sites (N-methyl/N-ethyl adjacent to an activating group) is 1. The molecule has 44 heavy (non-hydrogen) atoms. The van der Waals surface area contributed by atoms with Gasteiger partial charge in [-0.2, -0.15) is 0 Å². The number of β-lactam (4-membered cyclic amide) rings is 1. The van der Waals surface area contributed by atoms with Crippen LogP contribution in [0.5, 0.6) is 5.75 Å². The van der Waals surface area contributed by atoms with Crippen LogP contribution in [0, 0.1) is 0 Å². The Morgan fingerprint density at radius 2 is 1.77 bits per heavy atom. The van der Waals surface area contributed by atoms with Gasteiger partial charge < -0.3 is 35.8 Å². The second-order valence-electron chi connectivity index (χ2n) is 9.66. The third-order valence-corrected chi connectivity index (χ3v) is 8.32. The molecule has 0 bridgehead atoms. The summed E-state index contributed by atoms with van der Waals surface area (Å²) >= 11 is 1.06. The summed E-state index contributed by atoms with van der Waals surface area (Å²) in [6.07, 6.45) is -1.41. The molecule has 5 N–H and O–H groups in total. The fraction of sp³-hybridized carbons (Fsp3) is 0.385. The van der Waals surface area contributed by atoms with Gasteiger partial charge in [-0.25, -0.2) is 9.59 Å². The maximum atomic E-state index is 13.7. The van der Waals surface area contributed by atoms with Gasteiger partial charge in [0.05, 0.1) is 0 Å². The third-order valence-electron chi connectivity index (χ3n) is 7.01. The van der Waals surface area contributed by atoms with Crippen LogP contribution in [0.15, 0.2) is 35.5 Å². The number of piperazine rings is 1. The highest BCUT2D eigenvalue weighted by molar-refractivity contribution is 8.00. The number of esters is 1. The van der Waals surface area contributed by atoms with Crippen LogP contribution in [0.3, 0.4) is 0 Å². The molecule has 3 heterocycles. The highest BCUT2D eigenvalue weighted by Gasteiger charge is 2.54. The highest BCUT2D eigenvalue weighted by Crippen LogP contribution is 2.41. The minimum atomic E-state index is -1.72. The van der Waals surface area contributed by atoms with E-state index in [1.807, 2.05) is 0 Å². The first kappa shape index (κ1) is 31.8. The molecule has 4 atom stereocenters. The van der Waals surface area contributed by atoms with Crippen molar-refractivity contribution in [1.29, 1.82) is 0 Å². The van der Waals surface area contributed by atoms with Crippen LogP contribution < -0.4 is 16.0 Å². The summed E-state index contributed by atoms with van der Waals surface area (Å²) in [6, 6.07) is 1.38. The van der Waals surface area contributed by atoms with E-state index in [0.29, 0.717) is 11.3 Å². The van der Waals surface area contributed by atoms with E-state index in [1.54, 1.807) is 6.92 Å². The summed E-state index contributed by atoms with van der Waals surface area (Å²) in [5, 5.41) is 26.1. The Hall–Kier alpha value is -5.13. The van der Waals surface area contributed by atoms with Crippen molar-refractivity contribution < 1.29 is 53.3 Å². The maximum absolute atomic E-state index is 13.7. The van der Waals surface area contributed by atoms with Gasteiger partial charge in [-0.1, -0.05) is 12.1 Å². The topological polar surface area (TPSA) is 232 Å². The minimum Gasteiger partial charge on any atom is -0.508 e. The number of carboxylic acids is 1. The van der Waals surface area contributed by atoms with Crippen LogP contribution in [0.1, 0.15) is 25.5 Å². The Morgan fingerprint density at radius 1 is 1.09 bits per heavy atom. The third kappa shape index (κ3) is 6.14. The van der Waals surface area contributed by atoms with Crippen LogP contribution in [-0.2, 0) is 38.3 Å². The van der Waals surface area contributed by atoms with E-state index in [-0.39, 0.29) is 42.3 Å². The number of amides is 7. The normalized spacial score (nSPS) is 21.0. The Balaban J connectivity index is 1.65. The number of aromatic hydroxyl groups is 1. The van der Waals surface area contributed by atoms with Crippen molar-refractivity contribution in [2.75, 3.05) is 25.4 Å². The van der Waals surface area contributed by atoms with Crippen LogP contribution in [0.4, 0.5) is 4.79 Å². The lowest BCUT2D eigenvalue weighted by Crippen LogP contribution is -2.70. The number of hydrogen-bond donors (Lipinski definition) is 5. The Labute approximate surface area is 253 Å². The van der Waals surface area contributed by atoms with Crippen molar-refractivity contribution in [2.24, 2.45) is 0 Å². The fourth-order valence-electron chi connectivity index (χ4n) is 4.84. The first-order chi connectivity index (χ1) is 20.9. The molecule has 2 saturated heterocycles. The molecule has 3 aliphatic heterocycles. The summed E-state index contributed by atoms with van der Waals surface area (Å²) in [5.41, 5.74) is -0.614. The van der Waals surface area contributed by atoms with Crippen LogP contribution in [0.25, 0.3) is 0 Å². The number of ether oxygens (including phenoxy) is 1. The van der Waals surface area contributed by atoms with Crippen LogP contribution in [-0.4, -0.2) is 116 Å². The molecule has 234 valence electrons. The number of nitrogens with one attached hydrogen (secondary N) is 3. The molecule has 0 spiro atoms. The molecule has 0 aromatic heterocycles. The first-order valence-corrected chi connectivity index (χ1v) is 14.2. The van der Waals surface area contributed by atoms with Crippen molar-refractivity contribution in [1.82, 2.24) is 30.7 Å². The van der Waals surface area contributed by atoms with Crippen molar-refractivity contribution in [2.45, 2.75) is 37.5 Å². The summed E-state index contributed by atoms with van der Waals surface area (Å²) in [4.78, 5) is 102. The molecule has 0 radical (unpaired) electrons. The minimum absolute atomic E-state index is 0.0717. The molecule has 1 aromatic rings. The number of imide groups is 1. The fourth-order valence-corrected chi connectivity index (χ4v) is 6.23. The SMILES string of the molecule is CCN1CCN(C(=O)NC(C(=O)NC(OC(C)=O)C2=C(C(=O)O)N3C(=O)[C@H](NC=O)[C@H]3SC2)c2ccc(O)cc2)C(=O)C1=O. The number of aliphatic carboxylic acids is 1. The number of thioether (sulfide) groups is 1. The number of nitrogens with zero attached hydrogens (tertiary/aromatic N) is 3. The summed E-state index contributed by atoms with van der Waals surface area (Å²) in [6.45, 7) is 2.85. The molecular weight excluding hydrogens is 604 g/mol. The van der Waals surface area contributed by atoms with E-state index in [9.17, 15) is 48.6 Å². The van der Waals surface area contributed by atoms with E-state index in [1.165, 1.54) is 29.2 Å². The second-order valence-corrected chi connectivity index (χ2v) is 10.8. The van der Waals surface area contributed by atoms with Gasteiger partial charge in [-0.3, -0.25) is 38.6 Å². The molecule has 2 unspecified atom stereocenters. The number of fused-ring (bicyclic) bond motifs is 1. The number of benzene rings is 1. The Kier molecular flexibility index (Phi) is 9.41. The van der Waals surface area contributed by atoms with Crippen molar-refractivity contribution in [3.05, 3.63) is 41.1 Å². The van der Waals surface area contributed by atoms with Crippen molar-refractivity contribution in [3.8, 4) is 5.75 Å². The lowest BCUT2D eigenvalue weighted by Gasteiger charge is -2.49. The number of carbonyl (C=O) groups excluding carboxylic acids is 7. The molecule has 2 fully saturated rings. The van der Waals surface area contributed by atoms with Crippen LogP contribution in [0.2, 0.25) is 0 Å². The van der Waals surface area contributed by atoms with Gasteiger partial charge in [-0.15, -0.1) is 11.8 Å². The van der Waals surface area contributed by atoms with Crippen LogP contribution >= 0.6 is 11.8 Å². The van der Waals surface area contributed by atoms with Gasteiger partial charge in [0.25, 0.3) is 5.91 Å². The number of phenolic OH excluding ortho intramolecular Hbond substituents is 1. The number of carbonyl (C=O) groups is 8. The van der Waals surface area contributed by atoms with Gasteiger partial charge in [0, 0.05) is 37.9 Å². The van der Waals surface area contributed by atoms with Crippen molar-refractivity contribution >= 4 is 59.8 Å². The molecule has 0 aliphatic carbocycles. The zero-order chi connectivity index (χ0) is 32.3. The van der Waals surface area contributed by atoms with E-state index in [4.69, 9.17) is 4.74 Å². The number of rotatable bonds is 10. The largest absolute Gasteiger partial charge is 0.508 e. The zero-order valence-corrected chi connectivity index (χ0v) is 24.2. The number of phenols is 1. The monoisotopic (exact) mass is 632 g/mol. The Morgan fingerprint density at radius 3 is 2.36 bits per heavy atom. The predicted molar refractivity (Wildman–Crippen MR) is 148 cm³/mol. The molecule has 3 aliphatic rings. The first-order valence-electron chi connectivity index (χ1n) is 13.2. The van der Waals surface area contributed by atoms with E-state index < -0.39 is 71.0 Å². The molecule has 1 aromatic carbocycles. The number of carboxylic acid groups (broad SMARTS) is 1. The van der Waals surface area contributed by atoms with E-state index in [0.717, 1.165) is 23.6 Å². The maximum Gasteiger partial charge on any atom is 0.352 e. The van der Waals surface area contributed by atoms with E-state index >= 15 is 0 Å². The molecular formula is C26H28N6O11S. The van der Waals surface area contributed by atoms with Gasteiger partial charge in [-0.05, 0) is 24.6 Å². The summed E-state index contributed by atoms with van der Waals surface area (Å²) in [7, 11) is 0. The highest BCUT2D eigenvalue weighted by atomic mass is 32.2. The van der Waals surface area contributed by atoms with Gasteiger partial charge in [0.2, 0.25) is 18.5 Å². The van der Waals surface area contributed by atoms with E-state index in [2.05, 4.69) is 16.0 Å². The number of urea groups is 1. The average molecular weight is 633 g/mol. The average Bonchev–Trinajstić information content (AvgIpc) is 2.98. The summed E-state index contributed by atoms with van der Waals surface area (Å²) in [5.74, 6) is -6.55. The summed E-state index contributed by atoms with van der Waals surface area (Å²) < 4.78 is 5.26. The zero-order valence-electron chi connectivity index (χ0n) is 23.3. The molecule has 18 heteroatoms. The second kappa shape index (κ2) is 13.0. The van der Waals surface area contributed by atoms with Gasteiger partial charge >= 0.3 is 29.8 Å². The standard InChI is InChI=1S/C26H28N6O11S/c1-3-30-8-9-31(23(39)22(30)38)26(42)28-16(13-4-6-14(35)7-5-13)19(36)29-20(43-12(2)34)15-10-44-24-17(27-11-33)21(37)32(24)18(15)25(40)41/h4-7,11,16-17,20,24,35H,3,8-10H2,1-2H3,(H,27,33)(H,28,42)(H,29,36)(H,40,41)/t16?,17-,20?,24+/m0/s1. The smallest absolute Gasteiger partial charge is 0.352 e. The lowest BCUT2D eigenvalue weighted by atomic mass is 10.0. The quantitative estimate of drug-likeness (QED) is 0.0633. The Bertz CT molecular complexity index is 1450. The molecule has 7 amide bonds. The van der Waals surface area contributed by atoms with Crippen molar-refractivity contribution in [3.63, 3.8) is 0 Å².